The van der Waals surface area contributed by atoms with E-state index < -0.39 is 47.2 Å². The molecule has 0 saturated carbocycles. The minimum absolute atomic E-state index is 0.906. The Morgan fingerprint density at radius 1 is 0.842 bits per heavy atom. The Kier molecular flexibility index (Phi) is 5.51. The molecule has 0 N–H and O–H groups in total. The van der Waals surface area contributed by atoms with Crippen LogP contribution in [0.1, 0.15) is 13.8 Å². The third kappa shape index (κ3) is 3.90. The van der Waals surface area contributed by atoms with Crippen LogP contribution in [0.2, 0.25) is 0 Å². The highest BCUT2D eigenvalue weighted by Crippen LogP contribution is 2.25. The molecule has 0 spiro atoms. The maximum Gasteiger partial charge on any atom is 0.320 e. The summed E-state index contributed by atoms with van der Waals surface area (Å²) >= 11 is 0. The van der Waals surface area contributed by atoms with Crippen LogP contribution in [0.5, 0.6) is 0 Å². The van der Waals surface area contributed by atoms with E-state index in [0.29, 0.717) is 0 Å². The number of rotatable bonds is 6. The average Bonchev–Trinajstić information content (AvgIpc) is 2.26. The lowest BCUT2D eigenvalue weighted by Gasteiger charge is -2.23. The lowest BCUT2D eigenvalue weighted by Crippen LogP contribution is -2.46. The van der Waals surface area contributed by atoms with Crippen LogP contribution in [-0.2, 0) is 38.7 Å². The molecule has 112 valence electrons. The maximum absolute atomic E-state index is 11.9. The lowest BCUT2D eigenvalue weighted by molar-refractivity contribution is -0.138. The van der Waals surface area contributed by atoms with Gasteiger partial charge in [-0.3, -0.25) is 9.59 Å². The number of esters is 2. The highest BCUT2D eigenvalue weighted by Gasteiger charge is 2.48. The van der Waals surface area contributed by atoms with Crippen LogP contribution in [-0.4, -0.2) is 58.6 Å². The summed E-state index contributed by atoms with van der Waals surface area (Å²) in [6, 6.07) is 0. The molecule has 0 rings (SSSR count). The monoisotopic (exact) mass is 316 g/mol. The van der Waals surface area contributed by atoms with Gasteiger partial charge in [0.1, 0.15) is 11.5 Å². The predicted molar refractivity (Wildman–Crippen MR) is 65.7 cm³/mol. The predicted octanol–water partition coefficient (Wildman–Crippen LogP) is -1.10. The van der Waals surface area contributed by atoms with Crippen molar-refractivity contribution in [3.63, 3.8) is 0 Å². The minimum atomic E-state index is -4.35. The first-order chi connectivity index (χ1) is 8.41. The smallest absolute Gasteiger partial charge is 0.320 e. The molecular weight excluding hydrogens is 300 g/mol. The molecule has 19 heavy (non-hydrogen) atoms. The average molecular weight is 316 g/mol. The zero-order valence-electron chi connectivity index (χ0n) is 11.0. The molecule has 0 unspecified atom stereocenters. The summed E-state index contributed by atoms with van der Waals surface area (Å²) in [5.41, 5.74) is 0. The molecular formula is C9H16O8S2. The minimum Gasteiger partial charge on any atom is -0.468 e. The molecule has 0 heterocycles. The van der Waals surface area contributed by atoms with Gasteiger partial charge in [-0.25, -0.2) is 16.8 Å². The molecule has 10 heteroatoms. The maximum atomic E-state index is 11.9. The van der Waals surface area contributed by atoms with Crippen molar-refractivity contribution in [3.8, 4) is 0 Å². The number of carbonyl (C=O) groups excluding carboxylic acids is 2. The second kappa shape index (κ2) is 5.87. The summed E-state index contributed by atoms with van der Waals surface area (Å²) in [4.78, 5) is 22.0. The Bertz CT molecular complexity index is 505. The Hall–Kier alpha value is -1.16. The fourth-order valence-corrected chi connectivity index (χ4v) is 4.42. The number of ether oxygens (including phenoxy) is 2. The van der Waals surface area contributed by atoms with Gasteiger partial charge in [-0.15, -0.1) is 0 Å². The molecule has 0 aromatic heterocycles. The van der Waals surface area contributed by atoms with E-state index in [2.05, 4.69) is 9.47 Å². The van der Waals surface area contributed by atoms with E-state index in [1.807, 2.05) is 0 Å². The summed E-state index contributed by atoms with van der Waals surface area (Å²) in [6.07, 6.45) is 0. The van der Waals surface area contributed by atoms with Crippen molar-refractivity contribution in [1.82, 2.24) is 0 Å². The molecule has 8 nitrogen and oxygen atoms in total. The van der Waals surface area contributed by atoms with E-state index in [4.69, 9.17) is 0 Å². The van der Waals surface area contributed by atoms with E-state index in [1.165, 1.54) is 0 Å². The molecule has 0 bridgehead atoms. The number of hydrogen-bond donors (Lipinski definition) is 0. The summed E-state index contributed by atoms with van der Waals surface area (Å²) in [5.74, 6) is -4.34. The van der Waals surface area contributed by atoms with Gasteiger partial charge in [0.15, 0.2) is 23.8 Å². The molecule has 0 fully saturated rings. The Balaban J connectivity index is 5.48. The molecule has 0 aromatic carbocycles. The molecule has 0 atom stereocenters. The van der Waals surface area contributed by atoms with Crippen LogP contribution in [0, 0.1) is 0 Å². The Morgan fingerprint density at radius 3 is 1.32 bits per heavy atom. The van der Waals surface area contributed by atoms with E-state index in [-0.39, 0.29) is 0 Å². The van der Waals surface area contributed by atoms with E-state index >= 15 is 0 Å². The molecule has 0 saturated heterocycles. The van der Waals surface area contributed by atoms with Gasteiger partial charge in [-0.2, -0.15) is 0 Å². The third-order valence-electron chi connectivity index (χ3n) is 2.57. The number of carbonyl (C=O) groups is 2. The normalized spacial score (nSPS) is 12.8. The van der Waals surface area contributed by atoms with Crippen LogP contribution < -0.4 is 0 Å². The Labute approximate surface area is 111 Å². The number of sulfone groups is 2. The highest BCUT2D eigenvalue weighted by molar-refractivity contribution is 8.10. The van der Waals surface area contributed by atoms with Crippen LogP contribution >= 0.6 is 0 Å². The molecule has 0 aromatic rings. The summed E-state index contributed by atoms with van der Waals surface area (Å²) < 4.78 is 53.7. The topological polar surface area (TPSA) is 121 Å². The van der Waals surface area contributed by atoms with Crippen molar-refractivity contribution in [2.45, 2.75) is 17.9 Å². The number of methoxy groups -OCH3 is 2. The van der Waals surface area contributed by atoms with Crippen LogP contribution in [0.4, 0.5) is 0 Å². The second-order valence-electron chi connectivity index (χ2n) is 4.07. The fraction of sp³-hybridized carbons (Fsp3) is 0.778. The van der Waals surface area contributed by atoms with Crippen molar-refractivity contribution in [2.75, 3.05) is 25.7 Å². The van der Waals surface area contributed by atoms with Crippen molar-refractivity contribution in [2.24, 2.45) is 0 Å². The lowest BCUT2D eigenvalue weighted by atomic mass is 10.5. The SMILES string of the molecule is COC(=O)CS(=O)(=O)C(C)(C)S(=O)(=O)CC(=O)OC. The second-order valence-corrected chi connectivity index (χ2v) is 9.41. The van der Waals surface area contributed by atoms with Crippen molar-refractivity contribution >= 4 is 31.6 Å². The van der Waals surface area contributed by atoms with Crippen molar-refractivity contribution < 1.29 is 35.9 Å². The van der Waals surface area contributed by atoms with E-state index in [0.717, 1.165) is 28.1 Å². The number of hydrogen-bond acceptors (Lipinski definition) is 8. The molecule has 0 amide bonds. The van der Waals surface area contributed by atoms with Crippen LogP contribution in [0.3, 0.4) is 0 Å². The summed E-state index contributed by atoms with van der Waals surface area (Å²) in [7, 11) is -6.75. The Morgan fingerprint density at radius 2 is 1.11 bits per heavy atom. The third-order valence-corrected chi connectivity index (χ3v) is 8.32. The van der Waals surface area contributed by atoms with Gasteiger partial charge in [0.2, 0.25) is 0 Å². The van der Waals surface area contributed by atoms with E-state index in [1.54, 1.807) is 0 Å². The van der Waals surface area contributed by atoms with Gasteiger partial charge in [0.25, 0.3) is 0 Å². The van der Waals surface area contributed by atoms with Crippen molar-refractivity contribution in [3.05, 3.63) is 0 Å². The first kappa shape index (κ1) is 17.8. The van der Waals surface area contributed by atoms with Gasteiger partial charge in [0.05, 0.1) is 14.2 Å². The van der Waals surface area contributed by atoms with Gasteiger partial charge in [-0.05, 0) is 13.8 Å². The molecule has 0 aliphatic heterocycles. The summed E-state index contributed by atoms with van der Waals surface area (Å²) in [5, 5.41) is 0. The van der Waals surface area contributed by atoms with Gasteiger partial charge in [0, 0.05) is 0 Å². The van der Waals surface area contributed by atoms with Gasteiger partial charge < -0.3 is 9.47 Å². The first-order valence-corrected chi connectivity index (χ1v) is 8.30. The van der Waals surface area contributed by atoms with E-state index in [9.17, 15) is 26.4 Å². The van der Waals surface area contributed by atoms with Gasteiger partial charge in [-0.1, -0.05) is 0 Å². The van der Waals surface area contributed by atoms with Crippen LogP contribution in [0.15, 0.2) is 0 Å². The highest BCUT2D eigenvalue weighted by atomic mass is 32.3. The van der Waals surface area contributed by atoms with Gasteiger partial charge >= 0.3 is 11.9 Å². The quantitative estimate of drug-likeness (QED) is 0.566. The fourth-order valence-electron chi connectivity index (χ4n) is 0.969. The zero-order valence-corrected chi connectivity index (χ0v) is 12.6. The largest absolute Gasteiger partial charge is 0.468 e. The molecule has 0 radical (unpaired) electrons. The standard InChI is InChI=1S/C9H16O8S2/c1-9(2,18(12,13)5-7(10)16-3)19(14,15)6-8(11)17-4/h5-6H2,1-4H3. The zero-order chi connectivity index (χ0) is 15.5. The first-order valence-electron chi connectivity index (χ1n) is 4.99. The van der Waals surface area contributed by atoms with Crippen LogP contribution in [0.25, 0.3) is 0 Å². The molecule has 0 aliphatic rings. The van der Waals surface area contributed by atoms with Crippen molar-refractivity contribution in [1.29, 1.82) is 0 Å². The molecule has 0 aliphatic carbocycles. The summed E-state index contributed by atoms with van der Waals surface area (Å²) in [6.45, 7) is 1.81.